The Kier molecular flexibility index (Phi) is 3.17. The van der Waals surface area contributed by atoms with Crippen molar-refractivity contribution in [3.05, 3.63) is 83.4 Å². The highest BCUT2D eigenvalue weighted by atomic mass is 16.4. The Bertz CT molecular complexity index is 977. The first-order valence-corrected chi connectivity index (χ1v) is 7.52. The van der Waals surface area contributed by atoms with Crippen LogP contribution in [0.15, 0.2) is 66.7 Å². The summed E-state index contributed by atoms with van der Waals surface area (Å²) in [6.07, 6.45) is 0. The molecule has 0 heterocycles. The molecule has 0 aromatic heterocycles. The average Bonchev–Trinajstić information content (AvgIpc) is 2.88. The number of hydrogen-bond acceptors (Lipinski definition) is 3. The SMILES string of the molecule is O=C(O)c1cc2c(cc1Nc1ccccc1)C(=O)c1ccccc1-2. The van der Waals surface area contributed by atoms with Crippen LogP contribution in [-0.4, -0.2) is 16.9 Å². The Morgan fingerprint density at radius 2 is 1.46 bits per heavy atom. The Morgan fingerprint density at radius 3 is 2.17 bits per heavy atom. The number of rotatable bonds is 3. The van der Waals surface area contributed by atoms with E-state index in [9.17, 15) is 14.7 Å². The van der Waals surface area contributed by atoms with Crippen molar-refractivity contribution in [3.8, 4) is 11.1 Å². The first-order chi connectivity index (χ1) is 11.6. The number of benzene rings is 3. The zero-order valence-electron chi connectivity index (χ0n) is 12.6. The molecule has 4 heteroatoms. The fraction of sp³-hybridized carbons (Fsp3) is 0. The monoisotopic (exact) mass is 315 g/mol. The van der Waals surface area contributed by atoms with Crippen molar-refractivity contribution in [1.29, 1.82) is 0 Å². The van der Waals surface area contributed by atoms with Gasteiger partial charge in [-0.25, -0.2) is 4.79 Å². The lowest BCUT2D eigenvalue weighted by atomic mass is 10.0. The van der Waals surface area contributed by atoms with Crippen molar-refractivity contribution in [2.24, 2.45) is 0 Å². The number of fused-ring (bicyclic) bond motifs is 3. The third-order valence-corrected chi connectivity index (χ3v) is 4.15. The lowest BCUT2D eigenvalue weighted by molar-refractivity contribution is 0.0697. The molecule has 116 valence electrons. The standard InChI is InChI=1S/C20H13NO3/c22-19-14-9-5-4-8-13(14)15-10-17(20(23)24)18(11-16(15)19)21-12-6-2-1-3-7-12/h1-11,21H,(H,23,24). The number of carboxylic acid groups (broad SMARTS) is 1. The van der Waals surface area contributed by atoms with E-state index in [1.807, 2.05) is 48.5 Å². The van der Waals surface area contributed by atoms with Gasteiger partial charge in [-0.05, 0) is 35.4 Å². The van der Waals surface area contributed by atoms with Gasteiger partial charge < -0.3 is 10.4 Å². The number of aromatic carboxylic acids is 1. The minimum atomic E-state index is -1.03. The average molecular weight is 315 g/mol. The molecule has 0 unspecified atom stereocenters. The maximum atomic E-state index is 12.6. The lowest BCUT2D eigenvalue weighted by Crippen LogP contribution is -2.05. The minimum absolute atomic E-state index is 0.0753. The van der Waals surface area contributed by atoms with Gasteiger partial charge in [-0.2, -0.15) is 0 Å². The molecular weight excluding hydrogens is 302 g/mol. The highest BCUT2D eigenvalue weighted by molar-refractivity contribution is 6.23. The number of para-hydroxylation sites is 1. The Balaban J connectivity index is 1.88. The van der Waals surface area contributed by atoms with Gasteiger partial charge in [0.05, 0.1) is 11.3 Å². The number of ketones is 1. The highest BCUT2D eigenvalue weighted by Gasteiger charge is 2.28. The van der Waals surface area contributed by atoms with E-state index in [4.69, 9.17) is 0 Å². The van der Waals surface area contributed by atoms with Crippen LogP contribution in [0.2, 0.25) is 0 Å². The number of carbonyl (C=O) groups excluding carboxylic acids is 1. The van der Waals surface area contributed by atoms with Crippen LogP contribution in [-0.2, 0) is 0 Å². The Labute approximate surface area is 138 Å². The molecule has 0 aliphatic heterocycles. The molecule has 0 atom stereocenters. The second-order valence-corrected chi connectivity index (χ2v) is 5.61. The molecule has 2 N–H and O–H groups in total. The molecule has 3 aromatic rings. The number of carbonyl (C=O) groups is 2. The summed E-state index contributed by atoms with van der Waals surface area (Å²) < 4.78 is 0. The molecule has 3 aromatic carbocycles. The molecular formula is C20H13NO3. The maximum absolute atomic E-state index is 12.6. The summed E-state index contributed by atoms with van der Waals surface area (Å²) in [6.45, 7) is 0. The first kappa shape index (κ1) is 14.2. The van der Waals surface area contributed by atoms with E-state index < -0.39 is 5.97 Å². The number of anilines is 2. The highest BCUT2D eigenvalue weighted by Crippen LogP contribution is 2.39. The molecule has 24 heavy (non-hydrogen) atoms. The molecule has 4 nitrogen and oxygen atoms in total. The molecule has 4 rings (SSSR count). The predicted octanol–water partition coefficient (Wildman–Crippen LogP) is 4.34. The molecule has 0 spiro atoms. The summed E-state index contributed by atoms with van der Waals surface area (Å²) in [6, 6.07) is 19.8. The van der Waals surface area contributed by atoms with Gasteiger partial charge in [0.1, 0.15) is 0 Å². The summed E-state index contributed by atoms with van der Waals surface area (Å²) in [5, 5.41) is 12.7. The van der Waals surface area contributed by atoms with E-state index in [0.717, 1.165) is 11.3 Å². The zero-order valence-corrected chi connectivity index (χ0v) is 12.6. The van der Waals surface area contributed by atoms with Gasteiger partial charge in [-0.3, -0.25) is 4.79 Å². The van der Waals surface area contributed by atoms with Gasteiger partial charge in [-0.1, -0.05) is 42.5 Å². The molecule has 0 radical (unpaired) electrons. The molecule has 0 saturated carbocycles. The number of nitrogens with one attached hydrogen (secondary N) is 1. The van der Waals surface area contributed by atoms with Crippen LogP contribution in [0, 0.1) is 0 Å². The Morgan fingerprint density at radius 1 is 0.792 bits per heavy atom. The third-order valence-electron chi connectivity index (χ3n) is 4.15. The number of hydrogen-bond donors (Lipinski definition) is 2. The van der Waals surface area contributed by atoms with Crippen LogP contribution in [0.5, 0.6) is 0 Å². The van der Waals surface area contributed by atoms with Crippen LogP contribution in [0.4, 0.5) is 11.4 Å². The van der Waals surface area contributed by atoms with Crippen LogP contribution >= 0.6 is 0 Å². The fourth-order valence-corrected chi connectivity index (χ4v) is 3.03. The van der Waals surface area contributed by atoms with E-state index in [1.54, 1.807) is 18.2 Å². The summed E-state index contributed by atoms with van der Waals surface area (Å²) in [7, 11) is 0. The number of carboxylic acids is 1. The topological polar surface area (TPSA) is 66.4 Å². The quantitative estimate of drug-likeness (QED) is 0.590. The minimum Gasteiger partial charge on any atom is -0.478 e. The van der Waals surface area contributed by atoms with E-state index in [1.165, 1.54) is 0 Å². The molecule has 0 amide bonds. The predicted molar refractivity (Wildman–Crippen MR) is 92.0 cm³/mol. The first-order valence-electron chi connectivity index (χ1n) is 7.52. The summed E-state index contributed by atoms with van der Waals surface area (Å²) in [5.41, 5.74) is 3.91. The van der Waals surface area contributed by atoms with Gasteiger partial charge in [0.15, 0.2) is 5.78 Å². The van der Waals surface area contributed by atoms with Crippen LogP contribution < -0.4 is 5.32 Å². The largest absolute Gasteiger partial charge is 0.478 e. The molecule has 0 saturated heterocycles. The van der Waals surface area contributed by atoms with Crippen molar-refractivity contribution in [1.82, 2.24) is 0 Å². The smallest absolute Gasteiger partial charge is 0.337 e. The van der Waals surface area contributed by atoms with Gasteiger partial charge in [0, 0.05) is 16.8 Å². The van der Waals surface area contributed by atoms with E-state index in [0.29, 0.717) is 22.4 Å². The summed E-state index contributed by atoms with van der Waals surface area (Å²) >= 11 is 0. The van der Waals surface area contributed by atoms with Crippen molar-refractivity contribution < 1.29 is 14.7 Å². The van der Waals surface area contributed by atoms with Gasteiger partial charge in [0.2, 0.25) is 0 Å². The second-order valence-electron chi connectivity index (χ2n) is 5.61. The van der Waals surface area contributed by atoms with E-state index in [2.05, 4.69) is 5.32 Å². The van der Waals surface area contributed by atoms with Crippen molar-refractivity contribution in [2.45, 2.75) is 0 Å². The maximum Gasteiger partial charge on any atom is 0.337 e. The molecule has 0 bridgehead atoms. The lowest BCUT2D eigenvalue weighted by Gasteiger charge is -2.12. The fourth-order valence-electron chi connectivity index (χ4n) is 3.03. The zero-order chi connectivity index (χ0) is 16.7. The second kappa shape index (κ2) is 5.35. The van der Waals surface area contributed by atoms with Crippen LogP contribution in [0.3, 0.4) is 0 Å². The van der Waals surface area contributed by atoms with Crippen LogP contribution in [0.25, 0.3) is 11.1 Å². The van der Waals surface area contributed by atoms with E-state index >= 15 is 0 Å². The van der Waals surface area contributed by atoms with Gasteiger partial charge >= 0.3 is 5.97 Å². The van der Waals surface area contributed by atoms with Gasteiger partial charge in [-0.15, -0.1) is 0 Å². The van der Waals surface area contributed by atoms with Crippen LogP contribution in [0.1, 0.15) is 26.3 Å². The Hall–Kier alpha value is -3.40. The third kappa shape index (κ3) is 2.16. The molecule has 0 fully saturated rings. The molecule has 1 aliphatic rings. The van der Waals surface area contributed by atoms with Crippen molar-refractivity contribution >= 4 is 23.1 Å². The molecule has 1 aliphatic carbocycles. The van der Waals surface area contributed by atoms with Gasteiger partial charge in [0.25, 0.3) is 0 Å². The summed E-state index contributed by atoms with van der Waals surface area (Å²) in [5.74, 6) is -1.11. The van der Waals surface area contributed by atoms with E-state index in [-0.39, 0.29) is 11.3 Å². The normalized spacial score (nSPS) is 11.8. The van der Waals surface area contributed by atoms with Crippen molar-refractivity contribution in [3.63, 3.8) is 0 Å². The van der Waals surface area contributed by atoms with Crippen molar-refractivity contribution in [2.75, 3.05) is 5.32 Å². The summed E-state index contributed by atoms with van der Waals surface area (Å²) in [4.78, 5) is 24.3.